The zero-order valence-electron chi connectivity index (χ0n) is 9.19. The van der Waals surface area contributed by atoms with Crippen molar-refractivity contribution < 1.29 is 19.8 Å². The number of aliphatic carboxylic acids is 2. The van der Waals surface area contributed by atoms with Crippen molar-refractivity contribution in [2.24, 2.45) is 5.41 Å². The van der Waals surface area contributed by atoms with Gasteiger partial charge in [0.25, 0.3) is 0 Å². The van der Waals surface area contributed by atoms with Gasteiger partial charge in [0, 0.05) is 6.04 Å². The summed E-state index contributed by atoms with van der Waals surface area (Å²) in [5, 5.41) is 17.9. The minimum Gasteiger partial charge on any atom is -0.480 e. The molecular formula is C11H17NO4. The van der Waals surface area contributed by atoms with E-state index in [-0.39, 0.29) is 18.9 Å². The van der Waals surface area contributed by atoms with Crippen LogP contribution >= 0.6 is 0 Å². The van der Waals surface area contributed by atoms with Crippen LogP contribution in [0, 0.1) is 5.41 Å². The summed E-state index contributed by atoms with van der Waals surface area (Å²) in [6.45, 7) is 1.97. The van der Waals surface area contributed by atoms with Gasteiger partial charge in [-0.2, -0.15) is 0 Å². The summed E-state index contributed by atoms with van der Waals surface area (Å²) in [7, 11) is 0. The van der Waals surface area contributed by atoms with Crippen molar-refractivity contribution in [1.82, 2.24) is 4.90 Å². The van der Waals surface area contributed by atoms with Crippen molar-refractivity contribution in [3.05, 3.63) is 0 Å². The maximum atomic E-state index is 11.0. The van der Waals surface area contributed by atoms with Crippen LogP contribution in [0.1, 0.15) is 32.1 Å². The van der Waals surface area contributed by atoms with Crippen LogP contribution in [0.4, 0.5) is 0 Å². The van der Waals surface area contributed by atoms with Crippen LogP contribution in [0.25, 0.3) is 0 Å². The molecule has 2 fully saturated rings. The van der Waals surface area contributed by atoms with Crippen LogP contribution in [-0.2, 0) is 9.59 Å². The zero-order valence-corrected chi connectivity index (χ0v) is 9.19. The summed E-state index contributed by atoms with van der Waals surface area (Å²) < 4.78 is 0. The fourth-order valence-corrected chi connectivity index (χ4v) is 2.73. The number of nitrogens with zero attached hydrogens (tertiary/aromatic N) is 1. The van der Waals surface area contributed by atoms with Gasteiger partial charge in [-0.15, -0.1) is 0 Å². The second-order valence-electron chi connectivity index (χ2n) is 4.85. The Kier molecular flexibility index (Phi) is 2.88. The molecule has 2 rings (SSSR count). The predicted molar refractivity (Wildman–Crippen MR) is 56.2 cm³/mol. The smallest absolute Gasteiger partial charge is 0.321 e. The van der Waals surface area contributed by atoms with E-state index < -0.39 is 17.4 Å². The van der Waals surface area contributed by atoms with E-state index in [1.54, 1.807) is 0 Å². The van der Waals surface area contributed by atoms with E-state index in [1.807, 2.05) is 0 Å². The molecule has 1 aliphatic carbocycles. The van der Waals surface area contributed by atoms with E-state index in [0.717, 1.165) is 25.9 Å². The van der Waals surface area contributed by atoms with Gasteiger partial charge in [-0.3, -0.25) is 9.59 Å². The van der Waals surface area contributed by atoms with Gasteiger partial charge in [0.2, 0.25) is 0 Å². The van der Waals surface area contributed by atoms with Crippen LogP contribution < -0.4 is 0 Å². The first-order valence-electron chi connectivity index (χ1n) is 5.77. The summed E-state index contributed by atoms with van der Waals surface area (Å²) in [4.78, 5) is 24.2. The van der Waals surface area contributed by atoms with Crippen molar-refractivity contribution in [1.29, 1.82) is 0 Å². The summed E-state index contributed by atoms with van der Waals surface area (Å²) in [5.41, 5.74) is -1.51. The van der Waals surface area contributed by atoms with Gasteiger partial charge in [0.15, 0.2) is 5.41 Å². The molecule has 1 heterocycles. The summed E-state index contributed by atoms with van der Waals surface area (Å²) in [6, 6.07) is 0.160. The highest BCUT2D eigenvalue weighted by Gasteiger charge is 2.58. The zero-order chi connectivity index (χ0) is 11.8. The minimum atomic E-state index is -1.51. The Hall–Kier alpha value is -1.10. The van der Waals surface area contributed by atoms with Crippen molar-refractivity contribution in [3.63, 3.8) is 0 Å². The molecular weight excluding hydrogens is 210 g/mol. The molecule has 1 saturated heterocycles. The molecule has 2 N–H and O–H groups in total. The SMILES string of the molecule is O=C(O)C1(C(=O)O)CC(N2CCCCC2)C1. The molecule has 0 unspecified atom stereocenters. The number of rotatable bonds is 3. The Balaban J connectivity index is 1.96. The average molecular weight is 227 g/mol. The monoisotopic (exact) mass is 227 g/mol. The molecule has 0 aromatic heterocycles. The lowest BCUT2D eigenvalue weighted by Crippen LogP contribution is -2.59. The first kappa shape index (κ1) is 11.4. The molecule has 0 aromatic rings. The predicted octanol–water partition coefficient (Wildman–Crippen LogP) is 0.790. The molecule has 0 spiro atoms. The lowest BCUT2D eigenvalue weighted by Gasteiger charge is -2.47. The maximum Gasteiger partial charge on any atom is 0.321 e. The van der Waals surface area contributed by atoms with E-state index in [4.69, 9.17) is 10.2 Å². The highest BCUT2D eigenvalue weighted by Crippen LogP contribution is 2.44. The Morgan fingerprint density at radius 3 is 1.94 bits per heavy atom. The fourth-order valence-electron chi connectivity index (χ4n) is 2.73. The highest BCUT2D eigenvalue weighted by molar-refractivity contribution is 5.99. The molecule has 0 radical (unpaired) electrons. The number of carboxylic acid groups (broad SMARTS) is 2. The molecule has 0 amide bonds. The normalized spacial score (nSPS) is 26.0. The van der Waals surface area contributed by atoms with E-state index >= 15 is 0 Å². The van der Waals surface area contributed by atoms with Crippen molar-refractivity contribution >= 4 is 11.9 Å². The van der Waals surface area contributed by atoms with Gasteiger partial charge in [-0.25, -0.2) is 0 Å². The van der Waals surface area contributed by atoms with E-state index in [2.05, 4.69) is 4.90 Å². The summed E-state index contributed by atoms with van der Waals surface area (Å²) >= 11 is 0. The number of carboxylic acids is 2. The van der Waals surface area contributed by atoms with Gasteiger partial charge in [-0.1, -0.05) is 6.42 Å². The summed E-state index contributed by atoms with van der Waals surface area (Å²) in [5.74, 6) is -2.37. The number of likely N-dealkylation sites (tertiary alicyclic amines) is 1. The Labute approximate surface area is 94.0 Å². The van der Waals surface area contributed by atoms with Crippen molar-refractivity contribution in [2.45, 2.75) is 38.1 Å². The largest absolute Gasteiger partial charge is 0.480 e. The number of piperidine rings is 1. The first-order chi connectivity index (χ1) is 7.56. The van der Waals surface area contributed by atoms with Crippen LogP contribution in [0.3, 0.4) is 0 Å². The standard InChI is InChI=1S/C11H17NO4/c13-9(14)11(10(15)16)6-8(7-11)12-4-2-1-3-5-12/h8H,1-7H2,(H,13,14)(H,15,16). The maximum absolute atomic E-state index is 11.0. The topological polar surface area (TPSA) is 77.8 Å². The molecule has 0 bridgehead atoms. The third-order valence-electron chi connectivity index (χ3n) is 3.89. The van der Waals surface area contributed by atoms with Crippen LogP contribution in [-0.4, -0.2) is 46.2 Å². The van der Waals surface area contributed by atoms with Crippen LogP contribution in [0.2, 0.25) is 0 Å². The third kappa shape index (κ3) is 1.69. The van der Waals surface area contributed by atoms with Gasteiger partial charge < -0.3 is 15.1 Å². The third-order valence-corrected chi connectivity index (χ3v) is 3.89. The minimum absolute atomic E-state index is 0.160. The molecule has 5 heteroatoms. The lowest BCUT2D eigenvalue weighted by molar-refractivity contribution is -0.177. The van der Waals surface area contributed by atoms with Crippen LogP contribution in [0.15, 0.2) is 0 Å². The van der Waals surface area contributed by atoms with Gasteiger partial charge in [0.1, 0.15) is 0 Å². The fraction of sp³-hybridized carbons (Fsp3) is 0.818. The molecule has 0 aromatic carbocycles. The van der Waals surface area contributed by atoms with E-state index in [0.29, 0.717) is 0 Å². The number of hydrogen-bond donors (Lipinski definition) is 2. The average Bonchev–Trinajstić information content (AvgIpc) is 2.16. The molecule has 1 saturated carbocycles. The molecule has 2 aliphatic rings. The van der Waals surface area contributed by atoms with Crippen molar-refractivity contribution in [2.75, 3.05) is 13.1 Å². The molecule has 90 valence electrons. The van der Waals surface area contributed by atoms with E-state index in [9.17, 15) is 9.59 Å². The highest BCUT2D eigenvalue weighted by atomic mass is 16.4. The quantitative estimate of drug-likeness (QED) is 0.697. The summed E-state index contributed by atoms with van der Waals surface area (Å²) in [6.07, 6.45) is 4.04. The van der Waals surface area contributed by atoms with E-state index in [1.165, 1.54) is 6.42 Å². The number of hydrogen-bond acceptors (Lipinski definition) is 3. The van der Waals surface area contributed by atoms with Gasteiger partial charge >= 0.3 is 11.9 Å². The second kappa shape index (κ2) is 4.05. The molecule has 0 atom stereocenters. The van der Waals surface area contributed by atoms with Crippen molar-refractivity contribution in [3.8, 4) is 0 Å². The van der Waals surface area contributed by atoms with Gasteiger partial charge in [-0.05, 0) is 38.8 Å². The van der Waals surface area contributed by atoms with Gasteiger partial charge in [0.05, 0.1) is 0 Å². The molecule has 1 aliphatic heterocycles. The Morgan fingerprint density at radius 2 is 1.50 bits per heavy atom. The van der Waals surface area contributed by atoms with Crippen LogP contribution in [0.5, 0.6) is 0 Å². The second-order valence-corrected chi connectivity index (χ2v) is 4.85. The lowest BCUT2D eigenvalue weighted by atomic mass is 9.64. The Bertz CT molecular complexity index is 287. The molecule has 5 nitrogen and oxygen atoms in total. The number of carbonyl (C=O) groups is 2. The molecule has 16 heavy (non-hydrogen) atoms. The Morgan fingerprint density at radius 1 is 1.00 bits per heavy atom. The first-order valence-corrected chi connectivity index (χ1v) is 5.77.